The minimum atomic E-state index is -1.21. The van der Waals surface area contributed by atoms with Crippen LogP contribution in [0.3, 0.4) is 0 Å². The molecule has 0 bridgehead atoms. The first-order valence-corrected chi connectivity index (χ1v) is 6.97. The molecule has 0 spiro atoms. The molecule has 0 saturated carbocycles. The van der Waals surface area contributed by atoms with E-state index in [1.165, 1.54) is 0 Å². The molecule has 1 heterocycles. The van der Waals surface area contributed by atoms with Crippen molar-refractivity contribution in [3.05, 3.63) is 69.7 Å². The number of halogens is 2. The summed E-state index contributed by atoms with van der Waals surface area (Å²) < 4.78 is 0. The third-order valence-corrected chi connectivity index (χ3v) is 3.89. The average molecular weight is 320 g/mol. The number of benzene rings is 2. The van der Waals surface area contributed by atoms with E-state index >= 15 is 0 Å². The molecule has 2 aromatic carbocycles. The maximum absolute atomic E-state index is 12.5. The number of nitrogens with one attached hydrogen (secondary N) is 1. The standard InChI is InChI=1S/C15H11Cl2N3O/c16-11-5-1-9(2-6-11)15(13(21)19-14(18)20-15)10-3-7-12(17)8-4-10/h1-8H,(H3,18,19,20,21). The van der Waals surface area contributed by atoms with Gasteiger partial charge in [-0.25, -0.2) is 4.99 Å². The summed E-state index contributed by atoms with van der Waals surface area (Å²) >= 11 is 11.8. The van der Waals surface area contributed by atoms with Crippen molar-refractivity contribution in [2.24, 2.45) is 10.7 Å². The number of rotatable bonds is 2. The van der Waals surface area contributed by atoms with Gasteiger partial charge in [0.1, 0.15) is 0 Å². The Kier molecular flexibility index (Phi) is 3.35. The Balaban J connectivity index is 2.23. The van der Waals surface area contributed by atoms with Crippen molar-refractivity contribution < 1.29 is 4.79 Å². The Hall–Kier alpha value is -2.04. The summed E-state index contributed by atoms with van der Waals surface area (Å²) in [6.45, 7) is 0. The topological polar surface area (TPSA) is 67.5 Å². The Morgan fingerprint density at radius 2 is 1.33 bits per heavy atom. The summed E-state index contributed by atoms with van der Waals surface area (Å²) in [6, 6.07) is 13.9. The van der Waals surface area contributed by atoms with E-state index < -0.39 is 5.54 Å². The fourth-order valence-corrected chi connectivity index (χ4v) is 2.66. The highest BCUT2D eigenvalue weighted by molar-refractivity contribution is 6.31. The molecule has 0 aromatic heterocycles. The van der Waals surface area contributed by atoms with Crippen LogP contribution in [0.4, 0.5) is 0 Å². The predicted molar refractivity (Wildman–Crippen MR) is 83.4 cm³/mol. The number of guanidine groups is 1. The highest BCUT2D eigenvalue weighted by Crippen LogP contribution is 2.37. The van der Waals surface area contributed by atoms with Gasteiger partial charge in [0.05, 0.1) is 0 Å². The van der Waals surface area contributed by atoms with Crippen molar-refractivity contribution in [3.63, 3.8) is 0 Å². The van der Waals surface area contributed by atoms with Gasteiger partial charge in [0.15, 0.2) is 11.5 Å². The van der Waals surface area contributed by atoms with Gasteiger partial charge in [-0.3, -0.25) is 10.1 Å². The van der Waals surface area contributed by atoms with Crippen molar-refractivity contribution in [3.8, 4) is 0 Å². The second kappa shape index (κ2) is 5.06. The third kappa shape index (κ3) is 2.26. The molecule has 4 nitrogen and oxygen atoms in total. The number of aliphatic imine (C=N–C) groups is 1. The second-order valence-corrected chi connectivity index (χ2v) is 5.55. The molecule has 2 aromatic rings. The smallest absolute Gasteiger partial charge is 0.263 e. The number of carbonyl (C=O) groups is 1. The molecule has 1 aliphatic heterocycles. The molecule has 0 unspecified atom stereocenters. The zero-order valence-electron chi connectivity index (χ0n) is 10.8. The van der Waals surface area contributed by atoms with Gasteiger partial charge in [-0.1, -0.05) is 47.5 Å². The monoisotopic (exact) mass is 319 g/mol. The second-order valence-electron chi connectivity index (χ2n) is 4.68. The number of hydrogen-bond acceptors (Lipinski definition) is 3. The fraction of sp³-hybridized carbons (Fsp3) is 0.0667. The molecule has 6 heteroatoms. The summed E-state index contributed by atoms with van der Waals surface area (Å²) in [7, 11) is 0. The van der Waals surface area contributed by atoms with Gasteiger partial charge in [0.2, 0.25) is 0 Å². The van der Waals surface area contributed by atoms with Gasteiger partial charge < -0.3 is 5.73 Å². The number of carbonyl (C=O) groups excluding carboxylic acids is 1. The molecule has 3 N–H and O–H groups in total. The summed E-state index contributed by atoms with van der Waals surface area (Å²) in [4.78, 5) is 16.9. The van der Waals surface area contributed by atoms with Gasteiger partial charge >= 0.3 is 0 Å². The van der Waals surface area contributed by atoms with E-state index in [0.29, 0.717) is 21.2 Å². The Bertz CT molecular complexity index is 678. The fourth-order valence-electron chi connectivity index (χ4n) is 2.41. The minimum absolute atomic E-state index is 0.0879. The van der Waals surface area contributed by atoms with Crippen LogP contribution in [0.5, 0.6) is 0 Å². The lowest BCUT2D eigenvalue weighted by molar-refractivity contribution is -0.122. The van der Waals surface area contributed by atoms with Crippen LogP contribution >= 0.6 is 23.2 Å². The molecular formula is C15H11Cl2N3O. The number of amides is 1. The number of nitrogens with two attached hydrogens (primary N) is 1. The Morgan fingerprint density at radius 3 is 1.67 bits per heavy atom. The summed E-state index contributed by atoms with van der Waals surface area (Å²) in [5, 5.41) is 3.72. The van der Waals surface area contributed by atoms with E-state index in [1.807, 2.05) is 0 Å². The van der Waals surface area contributed by atoms with E-state index in [-0.39, 0.29) is 11.9 Å². The summed E-state index contributed by atoms with van der Waals surface area (Å²) in [5.74, 6) is -0.213. The van der Waals surface area contributed by atoms with Crippen LogP contribution in [0.1, 0.15) is 11.1 Å². The lowest BCUT2D eigenvalue weighted by Gasteiger charge is -2.24. The molecule has 0 aliphatic carbocycles. The van der Waals surface area contributed by atoms with Crippen LogP contribution in [0, 0.1) is 0 Å². The zero-order valence-corrected chi connectivity index (χ0v) is 12.3. The molecule has 0 radical (unpaired) electrons. The quantitative estimate of drug-likeness (QED) is 0.893. The van der Waals surface area contributed by atoms with Crippen LogP contribution in [-0.4, -0.2) is 11.9 Å². The molecule has 0 fully saturated rings. The molecule has 1 amide bonds. The highest BCUT2D eigenvalue weighted by atomic mass is 35.5. The predicted octanol–water partition coefficient (Wildman–Crippen LogP) is 2.68. The lowest BCUT2D eigenvalue weighted by atomic mass is 9.83. The zero-order chi connectivity index (χ0) is 15.0. The number of hydrogen-bond donors (Lipinski definition) is 2. The summed E-state index contributed by atoms with van der Waals surface area (Å²) in [6.07, 6.45) is 0. The largest absolute Gasteiger partial charge is 0.370 e. The molecular weight excluding hydrogens is 309 g/mol. The van der Waals surface area contributed by atoms with Gasteiger partial charge in [-0.15, -0.1) is 0 Å². The Labute approximate surface area is 131 Å². The van der Waals surface area contributed by atoms with E-state index in [9.17, 15) is 4.79 Å². The van der Waals surface area contributed by atoms with E-state index in [0.717, 1.165) is 0 Å². The highest BCUT2D eigenvalue weighted by Gasteiger charge is 2.46. The summed E-state index contributed by atoms with van der Waals surface area (Å²) in [5.41, 5.74) is 5.87. The Morgan fingerprint density at radius 1 is 0.905 bits per heavy atom. The first-order chi connectivity index (χ1) is 10.0. The van der Waals surface area contributed by atoms with Crippen LogP contribution in [0.25, 0.3) is 0 Å². The molecule has 0 atom stereocenters. The first-order valence-electron chi connectivity index (χ1n) is 6.21. The van der Waals surface area contributed by atoms with E-state index in [1.54, 1.807) is 48.5 Å². The van der Waals surface area contributed by atoms with Crippen molar-refractivity contribution in [1.82, 2.24) is 5.32 Å². The maximum Gasteiger partial charge on any atom is 0.263 e. The van der Waals surface area contributed by atoms with Crippen molar-refractivity contribution >= 4 is 35.1 Å². The maximum atomic E-state index is 12.5. The molecule has 1 aliphatic rings. The normalized spacial score (nSPS) is 16.5. The van der Waals surface area contributed by atoms with Gasteiger partial charge in [-0.05, 0) is 35.4 Å². The molecule has 106 valence electrons. The van der Waals surface area contributed by atoms with Gasteiger partial charge in [0, 0.05) is 10.0 Å². The van der Waals surface area contributed by atoms with Crippen molar-refractivity contribution in [1.29, 1.82) is 0 Å². The average Bonchev–Trinajstić information content (AvgIpc) is 2.76. The first kappa shape index (κ1) is 13.9. The SMILES string of the molecule is NC1=NC(c2ccc(Cl)cc2)(c2ccc(Cl)cc2)C(=O)N1. The lowest BCUT2D eigenvalue weighted by Crippen LogP contribution is -2.39. The van der Waals surface area contributed by atoms with Crippen LogP contribution in [-0.2, 0) is 10.3 Å². The van der Waals surface area contributed by atoms with Gasteiger partial charge in [0.25, 0.3) is 5.91 Å². The van der Waals surface area contributed by atoms with Crippen LogP contribution < -0.4 is 11.1 Å². The third-order valence-electron chi connectivity index (χ3n) is 3.38. The van der Waals surface area contributed by atoms with Crippen LogP contribution in [0.2, 0.25) is 10.0 Å². The van der Waals surface area contributed by atoms with E-state index in [4.69, 9.17) is 28.9 Å². The minimum Gasteiger partial charge on any atom is -0.370 e. The van der Waals surface area contributed by atoms with E-state index in [2.05, 4.69) is 10.3 Å². The van der Waals surface area contributed by atoms with Crippen molar-refractivity contribution in [2.75, 3.05) is 0 Å². The van der Waals surface area contributed by atoms with Crippen molar-refractivity contribution in [2.45, 2.75) is 5.54 Å². The molecule has 21 heavy (non-hydrogen) atoms. The van der Waals surface area contributed by atoms with Gasteiger partial charge in [-0.2, -0.15) is 0 Å². The molecule has 0 saturated heterocycles. The number of nitrogens with zero attached hydrogens (tertiary/aromatic N) is 1. The molecule has 3 rings (SSSR count). The van der Waals surface area contributed by atoms with Crippen LogP contribution in [0.15, 0.2) is 53.5 Å².